The predicted octanol–water partition coefficient (Wildman–Crippen LogP) is 3.19. The number of hydrogen-bond donors (Lipinski definition) is 2. The third-order valence-corrected chi connectivity index (χ3v) is 6.07. The van der Waals surface area contributed by atoms with E-state index in [1.54, 1.807) is 18.0 Å². The number of alkyl halides is 1. The Hall–Kier alpha value is -2.17. The van der Waals surface area contributed by atoms with Gasteiger partial charge in [0.15, 0.2) is 5.82 Å². The van der Waals surface area contributed by atoms with Crippen LogP contribution in [0, 0.1) is 6.92 Å². The van der Waals surface area contributed by atoms with Crippen molar-refractivity contribution < 1.29 is 13.9 Å². The zero-order chi connectivity index (χ0) is 22.0. The summed E-state index contributed by atoms with van der Waals surface area (Å²) in [4.78, 5) is 10.9. The van der Waals surface area contributed by atoms with Gasteiger partial charge in [0, 0.05) is 39.2 Å². The van der Waals surface area contributed by atoms with Crippen molar-refractivity contribution in [1.29, 1.82) is 0 Å². The van der Waals surface area contributed by atoms with Crippen LogP contribution in [0.2, 0.25) is 5.02 Å². The molecule has 2 aliphatic rings. The van der Waals surface area contributed by atoms with E-state index in [1.807, 2.05) is 13.8 Å². The topological polar surface area (TPSA) is 89.4 Å². The molecule has 3 atom stereocenters. The molecular formula is C20H29ClFN7O2. The molecule has 2 aromatic heterocycles. The van der Waals surface area contributed by atoms with Gasteiger partial charge in [0.25, 0.3) is 5.88 Å². The fourth-order valence-electron chi connectivity index (χ4n) is 3.99. The van der Waals surface area contributed by atoms with E-state index < -0.39 is 6.17 Å². The van der Waals surface area contributed by atoms with Crippen molar-refractivity contribution in [2.45, 2.75) is 44.9 Å². The Labute approximate surface area is 186 Å². The Morgan fingerprint density at radius 3 is 3.00 bits per heavy atom. The molecule has 0 aliphatic carbocycles. The van der Waals surface area contributed by atoms with Crippen LogP contribution in [-0.4, -0.2) is 76.8 Å². The van der Waals surface area contributed by atoms with Crippen LogP contribution in [0.5, 0.6) is 5.88 Å². The number of piperidine rings is 1. The van der Waals surface area contributed by atoms with Gasteiger partial charge in [-0.3, -0.25) is 9.58 Å². The summed E-state index contributed by atoms with van der Waals surface area (Å²) in [6.07, 6.45) is 1.91. The number of aromatic nitrogens is 4. The minimum atomic E-state index is -1.04. The van der Waals surface area contributed by atoms with Crippen LogP contribution >= 0.6 is 11.6 Å². The van der Waals surface area contributed by atoms with E-state index in [2.05, 4.69) is 30.6 Å². The minimum absolute atomic E-state index is 0.0941. The average molecular weight is 454 g/mol. The molecule has 2 aliphatic heterocycles. The van der Waals surface area contributed by atoms with Gasteiger partial charge in [0.1, 0.15) is 16.9 Å². The average Bonchev–Trinajstić information content (AvgIpc) is 3.03. The molecule has 170 valence electrons. The standard InChI is InChI=1S/C20H29ClFN7O2/c1-12-5-8-31-19-17(25-20-23-10-14(21)18(24-12)26-20)13(2)29(27-19)16-4-6-28(7-9-30-3)11-15(16)22/h10,12,15-16H,4-9,11H2,1-3H3,(H2,23,24,25,26)/t12-,15?,16?/m1/s1. The summed E-state index contributed by atoms with van der Waals surface area (Å²) in [6.45, 7) is 6.87. The maximum Gasteiger partial charge on any atom is 0.257 e. The van der Waals surface area contributed by atoms with Crippen molar-refractivity contribution >= 4 is 29.1 Å². The summed E-state index contributed by atoms with van der Waals surface area (Å²) in [5.74, 6) is 1.37. The first-order valence-corrected chi connectivity index (χ1v) is 11.0. The number of likely N-dealkylation sites (tertiary alicyclic amines) is 1. The van der Waals surface area contributed by atoms with Crippen molar-refractivity contribution in [3.63, 3.8) is 0 Å². The number of rotatable bonds is 4. The highest BCUT2D eigenvalue weighted by atomic mass is 35.5. The first-order valence-electron chi connectivity index (χ1n) is 10.6. The summed E-state index contributed by atoms with van der Waals surface area (Å²) >= 11 is 6.24. The predicted molar refractivity (Wildman–Crippen MR) is 117 cm³/mol. The van der Waals surface area contributed by atoms with Gasteiger partial charge in [0.05, 0.1) is 31.1 Å². The lowest BCUT2D eigenvalue weighted by Gasteiger charge is -2.35. The van der Waals surface area contributed by atoms with Crippen molar-refractivity contribution in [1.82, 2.24) is 24.6 Å². The van der Waals surface area contributed by atoms with Gasteiger partial charge >= 0.3 is 0 Å². The Morgan fingerprint density at radius 1 is 1.39 bits per heavy atom. The van der Waals surface area contributed by atoms with Gasteiger partial charge in [-0.25, -0.2) is 9.37 Å². The molecule has 0 radical (unpaired) electrons. The molecule has 0 spiro atoms. The van der Waals surface area contributed by atoms with Crippen LogP contribution in [-0.2, 0) is 4.74 Å². The molecular weight excluding hydrogens is 425 g/mol. The highest BCUT2D eigenvalue weighted by molar-refractivity contribution is 6.32. The van der Waals surface area contributed by atoms with E-state index in [0.29, 0.717) is 54.5 Å². The molecule has 9 nitrogen and oxygen atoms in total. The van der Waals surface area contributed by atoms with E-state index in [9.17, 15) is 0 Å². The summed E-state index contributed by atoms with van der Waals surface area (Å²) in [7, 11) is 1.66. The van der Waals surface area contributed by atoms with Gasteiger partial charge in [-0.2, -0.15) is 4.98 Å². The summed E-state index contributed by atoms with van der Waals surface area (Å²) in [6, 6.07) is -0.261. The van der Waals surface area contributed by atoms with Crippen LogP contribution < -0.4 is 15.4 Å². The maximum atomic E-state index is 15.1. The second-order valence-corrected chi connectivity index (χ2v) is 8.48. The first kappa shape index (κ1) is 22.0. The number of methoxy groups -OCH3 is 1. The number of ether oxygens (including phenoxy) is 2. The van der Waals surface area contributed by atoms with Crippen LogP contribution in [0.3, 0.4) is 0 Å². The van der Waals surface area contributed by atoms with Crippen molar-refractivity contribution in [2.24, 2.45) is 0 Å². The normalized spacial score (nSPS) is 24.4. The van der Waals surface area contributed by atoms with E-state index in [0.717, 1.165) is 25.2 Å². The number of halogens is 2. The number of hydrogen-bond acceptors (Lipinski definition) is 8. The third kappa shape index (κ3) is 4.86. The smallest absolute Gasteiger partial charge is 0.257 e. The van der Waals surface area contributed by atoms with Crippen LogP contribution in [0.15, 0.2) is 6.20 Å². The second kappa shape index (κ2) is 9.54. The van der Waals surface area contributed by atoms with Crippen molar-refractivity contribution in [3.8, 4) is 5.88 Å². The lowest BCUT2D eigenvalue weighted by atomic mass is 10.0. The molecule has 1 saturated heterocycles. The molecule has 2 aromatic rings. The molecule has 11 heteroatoms. The van der Waals surface area contributed by atoms with E-state index >= 15 is 4.39 Å². The van der Waals surface area contributed by atoms with Gasteiger partial charge < -0.3 is 20.1 Å². The Kier molecular flexibility index (Phi) is 6.78. The highest BCUT2D eigenvalue weighted by Crippen LogP contribution is 2.36. The Balaban J connectivity index is 1.61. The lowest BCUT2D eigenvalue weighted by molar-refractivity contribution is 0.0622. The largest absolute Gasteiger partial charge is 0.475 e. The molecule has 2 N–H and O–H groups in total. The number of nitrogens with one attached hydrogen (secondary N) is 2. The first-order chi connectivity index (χ1) is 15.0. The van der Waals surface area contributed by atoms with Crippen LogP contribution in [0.25, 0.3) is 0 Å². The van der Waals surface area contributed by atoms with E-state index in [4.69, 9.17) is 21.1 Å². The van der Waals surface area contributed by atoms with Crippen LogP contribution in [0.1, 0.15) is 31.5 Å². The maximum absolute atomic E-state index is 15.1. The lowest BCUT2D eigenvalue weighted by Crippen LogP contribution is -2.44. The fourth-order valence-corrected chi connectivity index (χ4v) is 4.14. The van der Waals surface area contributed by atoms with E-state index in [1.165, 1.54) is 0 Å². The molecule has 2 bridgehead atoms. The summed E-state index contributed by atoms with van der Waals surface area (Å²) in [5.41, 5.74) is 1.44. The van der Waals surface area contributed by atoms with Gasteiger partial charge in [0.2, 0.25) is 5.95 Å². The third-order valence-electron chi connectivity index (χ3n) is 5.79. The molecule has 4 heterocycles. The molecule has 0 aromatic carbocycles. The molecule has 1 fully saturated rings. The van der Waals surface area contributed by atoms with Gasteiger partial charge in [-0.05, 0) is 20.3 Å². The minimum Gasteiger partial charge on any atom is -0.475 e. The van der Waals surface area contributed by atoms with Gasteiger partial charge in [-0.1, -0.05) is 11.6 Å². The molecule has 2 unspecified atom stereocenters. The van der Waals surface area contributed by atoms with E-state index in [-0.39, 0.29) is 12.1 Å². The highest BCUT2D eigenvalue weighted by Gasteiger charge is 2.33. The number of nitrogens with zero attached hydrogens (tertiary/aromatic N) is 5. The van der Waals surface area contributed by atoms with Crippen molar-refractivity contribution in [3.05, 3.63) is 16.9 Å². The molecule has 0 amide bonds. The molecule has 31 heavy (non-hydrogen) atoms. The molecule has 4 rings (SSSR count). The zero-order valence-electron chi connectivity index (χ0n) is 18.1. The Morgan fingerprint density at radius 2 is 2.23 bits per heavy atom. The van der Waals surface area contributed by atoms with Gasteiger partial charge in [-0.15, -0.1) is 5.10 Å². The number of anilines is 3. The fraction of sp³-hybridized carbons (Fsp3) is 0.650. The Bertz CT molecular complexity index is 912. The zero-order valence-corrected chi connectivity index (χ0v) is 18.8. The number of fused-ring (bicyclic) bond motifs is 3. The van der Waals surface area contributed by atoms with Crippen LogP contribution in [0.4, 0.5) is 21.8 Å². The van der Waals surface area contributed by atoms with Crippen molar-refractivity contribution in [2.75, 3.05) is 50.6 Å². The quantitative estimate of drug-likeness (QED) is 0.729. The SMILES string of the molecule is COCCN1CCC(n2nc3c(c2C)Nc2ncc(Cl)c(n2)N[C@H](C)CCO3)C(F)C1. The monoisotopic (exact) mass is 453 g/mol. The summed E-state index contributed by atoms with van der Waals surface area (Å²) < 4.78 is 28.0. The second-order valence-electron chi connectivity index (χ2n) is 8.07. The molecule has 0 saturated carbocycles. The summed E-state index contributed by atoms with van der Waals surface area (Å²) in [5, 5.41) is 11.6.